The third kappa shape index (κ3) is 1.65. The van der Waals surface area contributed by atoms with Gasteiger partial charge in [-0.25, -0.2) is 4.98 Å². The van der Waals surface area contributed by atoms with E-state index in [4.69, 9.17) is 17.3 Å². The van der Waals surface area contributed by atoms with E-state index in [9.17, 15) is 0 Å². The second kappa shape index (κ2) is 3.39. The van der Waals surface area contributed by atoms with Crippen molar-refractivity contribution in [2.24, 2.45) is 0 Å². The normalized spacial score (nSPS) is 12.3. The molecule has 2 heterocycles. The lowest BCUT2D eigenvalue weighted by Gasteiger charge is -2.15. The lowest BCUT2D eigenvalue weighted by atomic mass is 9.92. The van der Waals surface area contributed by atoms with E-state index in [0.717, 1.165) is 16.9 Å². The summed E-state index contributed by atoms with van der Waals surface area (Å²) in [7, 11) is 0. The number of pyridine rings is 1. The molecule has 0 aliphatic heterocycles. The molecule has 2 aromatic heterocycles. The minimum Gasteiger partial charge on any atom is -0.383 e. The van der Waals surface area contributed by atoms with Crippen LogP contribution in [0.2, 0.25) is 5.02 Å². The number of halogens is 1. The van der Waals surface area contributed by atoms with Crippen LogP contribution in [0, 0.1) is 6.92 Å². The van der Waals surface area contributed by atoms with Crippen LogP contribution in [0.4, 0.5) is 5.82 Å². The molecule has 2 rings (SSSR count). The van der Waals surface area contributed by atoms with Gasteiger partial charge in [-0.15, -0.1) is 0 Å². The number of hydrogen-bond donors (Lipinski definition) is 1. The Bertz CT molecular complexity index is 549. The fourth-order valence-electron chi connectivity index (χ4n) is 1.80. The molecule has 0 saturated carbocycles. The Labute approximate surface area is 100 Å². The van der Waals surface area contributed by atoms with Gasteiger partial charge in [0.1, 0.15) is 5.82 Å². The molecule has 0 fully saturated rings. The number of anilines is 1. The monoisotopic (exact) mass is 237 g/mol. The molecule has 0 radical (unpaired) electrons. The zero-order valence-corrected chi connectivity index (χ0v) is 10.8. The average Bonchev–Trinajstić information content (AvgIpc) is 2.43. The van der Waals surface area contributed by atoms with E-state index in [1.54, 1.807) is 0 Å². The summed E-state index contributed by atoms with van der Waals surface area (Å²) >= 11 is 6.16. The second-order valence-corrected chi connectivity index (χ2v) is 5.56. The molecule has 86 valence electrons. The van der Waals surface area contributed by atoms with Gasteiger partial charge in [0.25, 0.3) is 0 Å². The molecule has 0 amide bonds. The average molecular weight is 238 g/mol. The molecule has 0 aliphatic rings. The Morgan fingerprint density at radius 2 is 2.00 bits per heavy atom. The molecule has 0 atom stereocenters. The SMILES string of the molecule is Cc1cc(Cl)c2nc(C(C)(C)C)c(N)n2c1. The minimum atomic E-state index is -0.0761. The fraction of sp³-hybridized carbons (Fsp3) is 0.417. The zero-order valence-electron chi connectivity index (χ0n) is 10.0. The molecule has 0 unspecified atom stereocenters. The number of nitrogens with two attached hydrogens (primary N) is 1. The maximum absolute atomic E-state index is 6.16. The number of nitrogens with zero attached hydrogens (tertiary/aromatic N) is 2. The number of aromatic nitrogens is 2. The Kier molecular flexibility index (Phi) is 2.39. The van der Waals surface area contributed by atoms with Crippen LogP contribution in [0.15, 0.2) is 12.3 Å². The van der Waals surface area contributed by atoms with Crippen LogP contribution in [0.1, 0.15) is 32.0 Å². The van der Waals surface area contributed by atoms with Crippen molar-refractivity contribution in [3.05, 3.63) is 28.5 Å². The van der Waals surface area contributed by atoms with Crippen molar-refractivity contribution >= 4 is 23.1 Å². The molecule has 0 aliphatic carbocycles. The van der Waals surface area contributed by atoms with Gasteiger partial charge in [0.05, 0.1) is 10.7 Å². The van der Waals surface area contributed by atoms with E-state index in [2.05, 4.69) is 25.8 Å². The standard InChI is InChI=1S/C12H16ClN3/c1-7-5-8(13)11-15-9(12(2,3)4)10(14)16(11)6-7/h5-6H,14H2,1-4H3. The van der Waals surface area contributed by atoms with Crippen LogP contribution < -0.4 is 5.73 Å². The highest BCUT2D eigenvalue weighted by Crippen LogP contribution is 2.30. The van der Waals surface area contributed by atoms with Crippen molar-refractivity contribution in [3.63, 3.8) is 0 Å². The molecule has 2 N–H and O–H groups in total. The third-order valence-corrected chi connectivity index (χ3v) is 2.84. The molecule has 0 saturated heterocycles. The van der Waals surface area contributed by atoms with Crippen LogP contribution >= 0.6 is 11.6 Å². The number of imidazole rings is 1. The Morgan fingerprint density at radius 1 is 1.38 bits per heavy atom. The van der Waals surface area contributed by atoms with Crippen molar-refractivity contribution in [2.75, 3.05) is 5.73 Å². The third-order valence-electron chi connectivity index (χ3n) is 2.56. The number of rotatable bonds is 0. The second-order valence-electron chi connectivity index (χ2n) is 5.15. The highest BCUT2D eigenvalue weighted by molar-refractivity contribution is 6.33. The lowest BCUT2D eigenvalue weighted by Crippen LogP contribution is -2.14. The van der Waals surface area contributed by atoms with E-state index in [1.165, 1.54) is 0 Å². The van der Waals surface area contributed by atoms with Gasteiger partial charge in [-0.3, -0.25) is 4.40 Å². The van der Waals surface area contributed by atoms with Gasteiger partial charge in [0.2, 0.25) is 0 Å². The van der Waals surface area contributed by atoms with Gasteiger partial charge < -0.3 is 5.73 Å². The van der Waals surface area contributed by atoms with Gasteiger partial charge in [-0.1, -0.05) is 32.4 Å². The first-order chi connectivity index (χ1) is 7.30. The van der Waals surface area contributed by atoms with Crippen LogP contribution in [0.5, 0.6) is 0 Å². The lowest BCUT2D eigenvalue weighted by molar-refractivity contribution is 0.576. The maximum Gasteiger partial charge on any atom is 0.157 e. The van der Waals surface area contributed by atoms with E-state index in [-0.39, 0.29) is 5.41 Å². The van der Waals surface area contributed by atoms with Crippen molar-refractivity contribution in [2.45, 2.75) is 33.1 Å². The predicted molar refractivity (Wildman–Crippen MR) is 68.1 cm³/mol. The van der Waals surface area contributed by atoms with Gasteiger partial charge >= 0.3 is 0 Å². The van der Waals surface area contributed by atoms with Gasteiger partial charge in [-0.2, -0.15) is 0 Å². The molecular formula is C12H16ClN3. The summed E-state index contributed by atoms with van der Waals surface area (Å²) in [5, 5.41) is 0.641. The van der Waals surface area contributed by atoms with E-state index >= 15 is 0 Å². The number of hydrogen-bond acceptors (Lipinski definition) is 2. The minimum absolute atomic E-state index is 0.0761. The van der Waals surface area contributed by atoms with Crippen molar-refractivity contribution in [1.82, 2.24) is 9.38 Å². The van der Waals surface area contributed by atoms with Crippen molar-refractivity contribution < 1.29 is 0 Å². The van der Waals surface area contributed by atoms with Gasteiger partial charge in [0, 0.05) is 11.6 Å². The molecular weight excluding hydrogens is 222 g/mol. The number of fused-ring (bicyclic) bond motifs is 1. The summed E-state index contributed by atoms with van der Waals surface area (Å²) in [5.41, 5.74) is 8.72. The predicted octanol–water partition coefficient (Wildman–Crippen LogP) is 3.18. The molecule has 3 nitrogen and oxygen atoms in total. The molecule has 0 aromatic carbocycles. The Morgan fingerprint density at radius 3 is 2.56 bits per heavy atom. The molecule has 4 heteroatoms. The van der Waals surface area contributed by atoms with Crippen LogP contribution in [-0.4, -0.2) is 9.38 Å². The highest BCUT2D eigenvalue weighted by atomic mass is 35.5. The first kappa shape index (κ1) is 11.3. The molecule has 0 spiro atoms. The van der Waals surface area contributed by atoms with Gasteiger partial charge in [-0.05, 0) is 18.6 Å². The topological polar surface area (TPSA) is 43.3 Å². The summed E-state index contributed by atoms with van der Waals surface area (Å²) in [5.74, 6) is 0.674. The molecule has 2 aromatic rings. The van der Waals surface area contributed by atoms with Crippen LogP contribution in [-0.2, 0) is 5.41 Å². The van der Waals surface area contributed by atoms with E-state index in [0.29, 0.717) is 10.8 Å². The smallest absolute Gasteiger partial charge is 0.157 e. The summed E-state index contributed by atoms with van der Waals surface area (Å²) < 4.78 is 1.86. The summed E-state index contributed by atoms with van der Waals surface area (Å²) in [6.07, 6.45) is 1.96. The Balaban J connectivity index is 2.83. The van der Waals surface area contributed by atoms with E-state index < -0.39 is 0 Å². The van der Waals surface area contributed by atoms with Crippen molar-refractivity contribution in [3.8, 4) is 0 Å². The molecule has 16 heavy (non-hydrogen) atoms. The first-order valence-corrected chi connectivity index (χ1v) is 5.62. The summed E-state index contributed by atoms with van der Waals surface area (Å²) in [6, 6.07) is 1.90. The quantitative estimate of drug-likeness (QED) is 0.765. The van der Waals surface area contributed by atoms with E-state index in [1.807, 2.05) is 23.6 Å². The van der Waals surface area contributed by atoms with Crippen LogP contribution in [0.3, 0.4) is 0 Å². The summed E-state index contributed by atoms with van der Waals surface area (Å²) in [6.45, 7) is 8.26. The number of nitrogen functional groups attached to an aromatic ring is 1. The van der Waals surface area contributed by atoms with Crippen molar-refractivity contribution in [1.29, 1.82) is 0 Å². The largest absolute Gasteiger partial charge is 0.383 e. The number of aryl methyl sites for hydroxylation is 1. The fourth-order valence-corrected chi connectivity index (χ4v) is 2.11. The van der Waals surface area contributed by atoms with Gasteiger partial charge in [0.15, 0.2) is 5.65 Å². The zero-order chi connectivity index (χ0) is 12.1. The maximum atomic E-state index is 6.16. The highest BCUT2D eigenvalue weighted by Gasteiger charge is 2.23. The Hall–Kier alpha value is -1.22. The molecule has 0 bridgehead atoms. The first-order valence-electron chi connectivity index (χ1n) is 5.25. The van der Waals surface area contributed by atoms with Crippen LogP contribution in [0.25, 0.3) is 5.65 Å². The summed E-state index contributed by atoms with van der Waals surface area (Å²) in [4.78, 5) is 4.53.